The van der Waals surface area contributed by atoms with Crippen LogP contribution in [0.4, 0.5) is 13.2 Å². The Balaban J connectivity index is 2.11. The van der Waals surface area contributed by atoms with Gasteiger partial charge in [-0.05, 0) is 30.9 Å². The zero-order valence-corrected chi connectivity index (χ0v) is 14.4. The van der Waals surface area contributed by atoms with E-state index in [1.807, 2.05) is 0 Å². The highest BCUT2D eigenvalue weighted by atomic mass is 32.2. The van der Waals surface area contributed by atoms with Crippen LogP contribution in [0.5, 0.6) is 0 Å². The second kappa shape index (κ2) is 7.19. The van der Waals surface area contributed by atoms with E-state index in [0.717, 1.165) is 23.1 Å². The van der Waals surface area contributed by atoms with E-state index in [0.29, 0.717) is 25.5 Å². The van der Waals surface area contributed by atoms with Crippen LogP contribution in [0.15, 0.2) is 23.1 Å². The van der Waals surface area contributed by atoms with Crippen molar-refractivity contribution in [3.8, 4) is 0 Å². The third-order valence-electron chi connectivity index (χ3n) is 4.04. The summed E-state index contributed by atoms with van der Waals surface area (Å²) in [4.78, 5) is 25.6. The van der Waals surface area contributed by atoms with Gasteiger partial charge in [0.15, 0.2) is 0 Å². The number of halogens is 3. The molecule has 1 fully saturated rings. The molecular weight excluding hydrogens is 361 g/mol. The number of carbonyl (C=O) groups excluding carboxylic acids is 1. The monoisotopic (exact) mass is 380 g/mol. The molecule has 1 aliphatic rings. The van der Waals surface area contributed by atoms with Crippen molar-refractivity contribution in [1.29, 1.82) is 0 Å². The van der Waals surface area contributed by atoms with Gasteiger partial charge in [0.2, 0.25) is 5.91 Å². The molecule has 2 heterocycles. The Labute approximate surface area is 143 Å². The molecule has 6 nitrogen and oxygen atoms in total. The minimum absolute atomic E-state index is 0.0414. The van der Waals surface area contributed by atoms with Gasteiger partial charge in [-0.1, -0.05) is 0 Å². The predicted molar refractivity (Wildman–Crippen MR) is 84.7 cm³/mol. The van der Waals surface area contributed by atoms with Crippen LogP contribution in [0, 0.1) is 5.92 Å². The maximum absolute atomic E-state index is 12.8. The van der Waals surface area contributed by atoms with E-state index in [1.54, 1.807) is 0 Å². The van der Waals surface area contributed by atoms with Crippen LogP contribution in [0.2, 0.25) is 0 Å². The summed E-state index contributed by atoms with van der Waals surface area (Å²) in [5.74, 6) is -0.745. The molecule has 0 aromatic carbocycles. The molecule has 0 unspecified atom stereocenters. The average molecular weight is 380 g/mol. The first-order valence-electron chi connectivity index (χ1n) is 7.69. The number of aromatic nitrogens is 1. The summed E-state index contributed by atoms with van der Waals surface area (Å²) in [5, 5.41) is 0. The van der Waals surface area contributed by atoms with Crippen molar-refractivity contribution in [2.45, 2.75) is 25.6 Å². The molecule has 0 aliphatic carbocycles. The zero-order chi connectivity index (χ0) is 18.8. The lowest BCUT2D eigenvalue weighted by atomic mass is 10.00. The van der Waals surface area contributed by atoms with Crippen molar-refractivity contribution < 1.29 is 26.4 Å². The molecule has 0 spiro atoms. The molecule has 140 valence electrons. The summed E-state index contributed by atoms with van der Waals surface area (Å²) in [6, 6.07) is 1.74. The van der Waals surface area contributed by atoms with E-state index in [2.05, 4.69) is 0 Å². The molecule has 0 bridgehead atoms. The highest BCUT2D eigenvalue weighted by Gasteiger charge is 2.34. The summed E-state index contributed by atoms with van der Waals surface area (Å²) < 4.78 is 61.8. The van der Waals surface area contributed by atoms with Gasteiger partial charge in [-0.2, -0.15) is 13.2 Å². The van der Waals surface area contributed by atoms with Crippen LogP contribution >= 0.6 is 0 Å². The Hall–Kier alpha value is -1.84. The van der Waals surface area contributed by atoms with Crippen molar-refractivity contribution in [3.05, 3.63) is 34.2 Å². The Morgan fingerprint density at radius 3 is 2.64 bits per heavy atom. The summed E-state index contributed by atoms with van der Waals surface area (Å²) in [6.45, 7) is 0.112. The molecule has 0 saturated carbocycles. The minimum atomic E-state index is -4.78. The lowest BCUT2D eigenvalue weighted by molar-refractivity contribution is -0.140. The average Bonchev–Trinajstić information content (AvgIpc) is 2.46. The Bertz CT molecular complexity index is 802. The number of alkyl halides is 3. The SMILES string of the molecule is CS(=O)(=O)C[C@H]1CCCN(C(=O)Cn2cccc(C(F)(F)F)c2=O)C1. The van der Waals surface area contributed by atoms with Crippen LogP contribution in [0.25, 0.3) is 0 Å². The van der Waals surface area contributed by atoms with Gasteiger partial charge in [-0.15, -0.1) is 0 Å². The number of piperidine rings is 1. The van der Waals surface area contributed by atoms with Gasteiger partial charge in [0.1, 0.15) is 21.9 Å². The molecular formula is C15H19F3N2O4S. The summed E-state index contributed by atoms with van der Waals surface area (Å²) in [6.07, 6.45) is -1.25. The molecule has 1 aromatic heterocycles. The number of carbonyl (C=O) groups is 1. The van der Waals surface area contributed by atoms with Crippen LogP contribution in [-0.2, 0) is 27.4 Å². The molecule has 1 aliphatic heterocycles. The number of rotatable bonds is 4. The first kappa shape index (κ1) is 19.5. The molecule has 10 heteroatoms. The molecule has 0 N–H and O–H groups in total. The fraction of sp³-hybridized carbons (Fsp3) is 0.600. The van der Waals surface area contributed by atoms with Crippen LogP contribution < -0.4 is 5.56 Å². The Kier molecular flexibility index (Phi) is 5.60. The highest BCUT2D eigenvalue weighted by molar-refractivity contribution is 7.90. The first-order valence-corrected chi connectivity index (χ1v) is 9.75. The van der Waals surface area contributed by atoms with E-state index >= 15 is 0 Å². The largest absolute Gasteiger partial charge is 0.421 e. The number of pyridine rings is 1. The van der Waals surface area contributed by atoms with E-state index in [-0.39, 0.29) is 18.2 Å². The number of hydrogen-bond acceptors (Lipinski definition) is 4. The second-order valence-corrected chi connectivity index (χ2v) is 8.48. The lowest BCUT2D eigenvalue weighted by Gasteiger charge is -2.32. The van der Waals surface area contributed by atoms with Gasteiger partial charge < -0.3 is 9.47 Å². The number of amides is 1. The smallest absolute Gasteiger partial charge is 0.341 e. The van der Waals surface area contributed by atoms with Gasteiger partial charge in [-0.25, -0.2) is 8.42 Å². The molecule has 1 saturated heterocycles. The number of likely N-dealkylation sites (tertiary alicyclic amines) is 1. The Morgan fingerprint density at radius 1 is 1.36 bits per heavy atom. The second-order valence-electron chi connectivity index (χ2n) is 6.29. The number of sulfone groups is 1. The van der Waals surface area contributed by atoms with E-state index in [4.69, 9.17) is 0 Å². The molecule has 1 aromatic rings. The van der Waals surface area contributed by atoms with Crippen molar-refractivity contribution in [2.75, 3.05) is 25.1 Å². The predicted octanol–water partition coefficient (Wildman–Crippen LogP) is 1.15. The topological polar surface area (TPSA) is 76.5 Å². The van der Waals surface area contributed by atoms with Crippen molar-refractivity contribution in [2.24, 2.45) is 5.92 Å². The molecule has 1 amide bonds. The van der Waals surface area contributed by atoms with Gasteiger partial charge in [0, 0.05) is 25.5 Å². The third kappa shape index (κ3) is 5.32. The van der Waals surface area contributed by atoms with Gasteiger partial charge in [0.05, 0.1) is 5.75 Å². The van der Waals surface area contributed by atoms with E-state index < -0.39 is 39.6 Å². The molecule has 25 heavy (non-hydrogen) atoms. The van der Waals surface area contributed by atoms with Gasteiger partial charge >= 0.3 is 6.18 Å². The number of nitrogens with zero attached hydrogens (tertiary/aromatic N) is 2. The quantitative estimate of drug-likeness (QED) is 0.785. The maximum Gasteiger partial charge on any atom is 0.421 e. The normalized spacial score (nSPS) is 19.0. The fourth-order valence-electron chi connectivity index (χ4n) is 2.98. The Morgan fingerprint density at radius 2 is 2.04 bits per heavy atom. The first-order chi connectivity index (χ1) is 11.5. The zero-order valence-electron chi connectivity index (χ0n) is 13.6. The van der Waals surface area contributed by atoms with Crippen LogP contribution in [0.1, 0.15) is 18.4 Å². The standard InChI is InChI=1S/C15H19F3N2O4S/c1-25(23,24)10-11-4-2-6-19(8-11)13(21)9-20-7-3-5-12(14(20)22)15(16,17)18/h3,5,7,11H,2,4,6,8-10H2,1H3/t11-/m0/s1. The minimum Gasteiger partial charge on any atom is -0.341 e. The van der Waals surface area contributed by atoms with Crippen LogP contribution in [-0.4, -0.2) is 48.9 Å². The highest BCUT2D eigenvalue weighted by Crippen LogP contribution is 2.26. The van der Waals surface area contributed by atoms with Crippen molar-refractivity contribution in [3.63, 3.8) is 0 Å². The fourth-order valence-corrected chi connectivity index (χ4v) is 4.11. The molecule has 1 atom stereocenters. The van der Waals surface area contributed by atoms with Gasteiger partial charge in [-0.3, -0.25) is 9.59 Å². The molecule has 2 rings (SSSR count). The van der Waals surface area contributed by atoms with Crippen molar-refractivity contribution >= 4 is 15.7 Å². The molecule has 0 radical (unpaired) electrons. The lowest BCUT2D eigenvalue weighted by Crippen LogP contribution is -2.44. The van der Waals surface area contributed by atoms with Gasteiger partial charge in [0.25, 0.3) is 5.56 Å². The summed E-state index contributed by atoms with van der Waals surface area (Å²) >= 11 is 0. The van der Waals surface area contributed by atoms with Crippen LogP contribution in [0.3, 0.4) is 0 Å². The number of hydrogen-bond donors (Lipinski definition) is 0. The van der Waals surface area contributed by atoms with Crippen molar-refractivity contribution in [1.82, 2.24) is 9.47 Å². The van der Waals surface area contributed by atoms with E-state index in [9.17, 15) is 31.2 Å². The maximum atomic E-state index is 12.8. The van der Waals surface area contributed by atoms with E-state index in [1.165, 1.54) is 4.90 Å². The summed E-state index contributed by atoms with van der Waals surface area (Å²) in [5.41, 5.74) is -2.59. The summed E-state index contributed by atoms with van der Waals surface area (Å²) in [7, 11) is -3.18. The third-order valence-corrected chi connectivity index (χ3v) is 5.12.